The molecule has 1 heterocycles. The first kappa shape index (κ1) is 15.8. The predicted octanol–water partition coefficient (Wildman–Crippen LogP) is 4.34. The van der Waals surface area contributed by atoms with E-state index in [4.69, 9.17) is 9.47 Å². The zero-order chi connectivity index (χ0) is 16.6. The highest BCUT2D eigenvalue weighted by atomic mass is 16.7. The van der Waals surface area contributed by atoms with Crippen molar-refractivity contribution in [3.8, 4) is 0 Å². The topological polar surface area (TPSA) is 35.5 Å². The Morgan fingerprint density at radius 2 is 1.75 bits per heavy atom. The first-order chi connectivity index (χ1) is 11.5. The molecule has 4 saturated carbocycles. The standard InChI is InChI=1S/C21H32O3/c1-19-6-3-4-15(19)18-16(5-7-19)20(2)8-9-21(23-10-11-24-21)13-14(20)12-17(18)22/h14-16,18H,3-13H2,1-2H3/t14-,15+,16+,18-,19+,20-/m0/s1. The molecule has 5 rings (SSSR count). The van der Waals surface area contributed by atoms with Crippen LogP contribution in [0.3, 0.4) is 0 Å². The lowest BCUT2D eigenvalue weighted by molar-refractivity contribution is -0.226. The van der Waals surface area contributed by atoms with Crippen LogP contribution in [-0.4, -0.2) is 24.8 Å². The third-order valence-corrected chi connectivity index (χ3v) is 9.07. The summed E-state index contributed by atoms with van der Waals surface area (Å²) < 4.78 is 12.0. The number of carbonyl (C=O) groups is 1. The minimum Gasteiger partial charge on any atom is -0.348 e. The molecule has 3 nitrogen and oxygen atoms in total. The minimum absolute atomic E-state index is 0.322. The number of fused-ring (bicyclic) bond motifs is 5. The first-order valence-electron chi connectivity index (χ1n) is 10.3. The summed E-state index contributed by atoms with van der Waals surface area (Å²) in [5, 5.41) is 0. The normalized spacial score (nSPS) is 52.8. The van der Waals surface area contributed by atoms with E-state index in [9.17, 15) is 4.79 Å². The van der Waals surface area contributed by atoms with Crippen molar-refractivity contribution in [2.75, 3.05) is 13.2 Å². The molecule has 4 aliphatic carbocycles. The molecule has 5 fully saturated rings. The predicted molar refractivity (Wildman–Crippen MR) is 91.4 cm³/mol. The Labute approximate surface area is 145 Å². The van der Waals surface area contributed by atoms with Gasteiger partial charge in [0, 0.05) is 25.2 Å². The largest absolute Gasteiger partial charge is 0.348 e. The summed E-state index contributed by atoms with van der Waals surface area (Å²) in [5.74, 6) is 2.31. The van der Waals surface area contributed by atoms with Crippen LogP contribution in [0.5, 0.6) is 0 Å². The van der Waals surface area contributed by atoms with Crippen molar-refractivity contribution < 1.29 is 14.3 Å². The van der Waals surface area contributed by atoms with E-state index in [1.54, 1.807) is 0 Å². The highest BCUT2D eigenvalue weighted by Crippen LogP contribution is 2.66. The van der Waals surface area contributed by atoms with Gasteiger partial charge in [-0.15, -0.1) is 0 Å². The lowest BCUT2D eigenvalue weighted by Gasteiger charge is -2.60. The molecule has 0 N–H and O–H groups in total. The van der Waals surface area contributed by atoms with Crippen molar-refractivity contribution in [2.24, 2.45) is 34.5 Å². The van der Waals surface area contributed by atoms with Crippen LogP contribution in [0, 0.1) is 34.5 Å². The SMILES string of the molecule is C[C@]12CCC[C@@H]1[C@@H]1C(=O)C[C@H]3CC4(CC[C@]3(C)[C@@H]1CC2)OCCO4. The lowest BCUT2D eigenvalue weighted by Crippen LogP contribution is -2.58. The first-order valence-corrected chi connectivity index (χ1v) is 10.3. The molecule has 0 unspecified atom stereocenters. The fraction of sp³-hybridized carbons (Fsp3) is 0.952. The van der Waals surface area contributed by atoms with Crippen LogP contribution in [0.4, 0.5) is 0 Å². The van der Waals surface area contributed by atoms with Gasteiger partial charge in [0.05, 0.1) is 13.2 Å². The zero-order valence-electron chi connectivity index (χ0n) is 15.3. The highest BCUT2D eigenvalue weighted by molar-refractivity contribution is 5.83. The molecule has 5 aliphatic rings. The molecular formula is C21H32O3. The summed E-state index contributed by atoms with van der Waals surface area (Å²) in [6.45, 7) is 6.42. The van der Waals surface area contributed by atoms with Crippen LogP contribution in [-0.2, 0) is 14.3 Å². The summed E-state index contributed by atoms with van der Waals surface area (Å²) in [5.41, 5.74) is 0.774. The van der Waals surface area contributed by atoms with E-state index in [1.165, 1.54) is 38.5 Å². The van der Waals surface area contributed by atoms with E-state index in [2.05, 4.69) is 13.8 Å². The van der Waals surface area contributed by atoms with Crippen molar-refractivity contribution in [3.05, 3.63) is 0 Å². The van der Waals surface area contributed by atoms with E-state index in [1.807, 2.05) is 0 Å². The summed E-state index contributed by atoms with van der Waals surface area (Å²) in [6.07, 6.45) is 10.5. The smallest absolute Gasteiger partial charge is 0.168 e. The van der Waals surface area contributed by atoms with Crippen LogP contribution in [0.25, 0.3) is 0 Å². The Hall–Kier alpha value is -0.410. The molecule has 0 bridgehead atoms. The van der Waals surface area contributed by atoms with E-state index in [0.29, 0.717) is 40.3 Å². The molecule has 1 spiro atoms. The van der Waals surface area contributed by atoms with Crippen LogP contribution >= 0.6 is 0 Å². The number of ether oxygens (including phenoxy) is 2. The maximum absolute atomic E-state index is 13.2. The molecule has 134 valence electrons. The Morgan fingerprint density at radius 3 is 2.54 bits per heavy atom. The van der Waals surface area contributed by atoms with Gasteiger partial charge in [-0.25, -0.2) is 0 Å². The maximum Gasteiger partial charge on any atom is 0.168 e. The van der Waals surface area contributed by atoms with Crippen LogP contribution in [0.15, 0.2) is 0 Å². The van der Waals surface area contributed by atoms with Gasteiger partial charge in [0.2, 0.25) is 0 Å². The fourth-order valence-electron chi connectivity index (χ4n) is 7.62. The van der Waals surface area contributed by atoms with Crippen LogP contribution in [0.1, 0.15) is 71.6 Å². The quantitative estimate of drug-likeness (QED) is 0.662. The van der Waals surface area contributed by atoms with Gasteiger partial charge < -0.3 is 9.47 Å². The third kappa shape index (κ3) is 2.00. The molecule has 24 heavy (non-hydrogen) atoms. The number of rotatable bonds is 0. The second-order valence-corrected chi connectivity index (χ2v) is 10.0. The van der Waals surface area contributed by atoms with E-state index in [-0.39, 0.29) is 5.79 Å². The number of carbonyl (C=O) groups excluding carboxylic acids is 1. The van der Waals surface area contributed by atoms with Gasteiger partial charge in [-0.3, -0.25) is 4.79 Å². The number of Topliss-reactive ketones (excluding diaryl/α,β-unsaturated/α-hetero) is 1. The Morgan fingerprint density at radius 1 is 0.958 bits per heavy atom. The summed E-state index contributed by atoms with van der Waals surface area (Å²) in [6, 6.07) is 0. The van der Waals surface area contributed by atoms with Gasteiger partial charge in [0.25, 0.3) is 0 Å². The Kier molecular flexibility index (Phi) is 3.34. The monoisotopic (exact) mass is 332 g/mol. The number of hydrogen-bond acceptors (Lipinski definition) is 3. The molecule has 6 atom stereocenters. The summed E-state index contributed by atoms with van der Waals surface area (Å²) in [7, 11) is 0. The van der Waals surface area contributed by atoms with Gasteiger partial charge in [-0.2, -0.15) is 0 Å². The van der Waals surface area contributed by atoms with E-state index >= 15 is 0 Å². The zero-order valence-corrected chi connectivity index (χ0v) is 15.3. The van der Waals surface area contributed by atoms with Crippen molar-refractivity contribution >= 4 is 5.78 Å². The number of ketones is 1. The molecular weight excluding hydrogens is 300 g/mol. The average molecular weight is 332 g/mol. The Bertz CT molecular complexity index is 551. The molecule has 0 aromatic carbocycles. The van der Waals surface area contributed by atoms with Crippen molar-refractivity contribution in [1.82, 2.24) is 0 Å². The van der Waals surface area contributed by atoms with Crippen LogP contribution in [0.2, 0.25) is 0 Å². The Balaban J connectivity index is 1.46. The lowest BCUT2D eigenvalue weighted by atomic mass is 9.44. The molecule has 0 aromatic rings. The van der Waals surface area contributed by atoms with Crippen molar-refractivity contribution in [2.45, 2.75) is 77.4 Å². The molecule has 3 heteroatoms. The molecule has 1 saturated heterocycles. The summed E-state index contributed by atoms with van der Waals surface area (Å²) in [4.78, 5) is 13.2. The van der Waals surface area contributed by atoms with Crippen molar-refractivity contribution in [1.29, 1.82) is 0 Å². The minimum atomic E-state index is -0.353. The second-order valence-electron chi connectivity index (χ2n) is 10.0. The average Bonchev–Trinajstić information content (AvgIpc) is 3.16. The molecule has 0 radical (unpaired) electrons. The van der Waals surface area contributed by atoms with Gasteiger partial charge >= 0.3 is 0 Å². The van der Waals surface area contributed by atoms with Gasteiger partial charge in [0.1, 0.15) is 5.78 Å². The molecule has 0 aromatic heterocycles. The summed E-state index contributed by atoms with van der Waals surface area (Å²) >= 11 is 0. The fourth-order valence-corrected chi connectivity index (χ4v) is 7.62. The van der Waals surface area contributed by atoms with E-state index < -0.39 is 0 Å². The third-order valence-electron chi connectivity index (χ3n) is 9.07. The van der Waals surface area contributed by atoms with Crippen molar-refractivity contribution in [3.63, 3.8) is 0 Å². The molecule has 0 amide bonds. The van der Waals surface area contributed by atoms with Gasteiger partial charge in [-0.05, 0) is 60.7 Å². The second kappa shape index (κ2) is 5.07. The molecule has 1 aliphatic heterocycles. The maximum atomic E-state index is 13.2. The van der Waals surface area contributed by atoms with Gasteiger partial charge in [0.15, 0.2) is 5.79 Å². The van der Waals surface area contributed by atoms with Crippen LogP contribution < -0.4 is 0 Å². The number of hydrogen-bond donors (Lipinski definition) is 0. The van der Waals surface area contributed by atoms with Gasteiger partial charge in [-0.1, -0.05) is 20.3 Å². The highest BCUT2D eigenvalue weighted by Gasteiger charge is 2.62. The van der Waals surface area contributed by atoms with E-state index in [0.717, 1.165) is 32.5 Å².